The zero-order chi connectivity index (χ0) is 10.1. The molecule has 2 saturated heterocycles. The highest BCUT2D eigenvalue weighted by Crippen LogP contribution is 2.37. The second kappa shape index (κ2) is 4.03. The van der Waals surface area contributed by atoms with Crippen molar-refractivity contribution >= 4 is 0 Å². The molecular weight excluding hydrogens is 172 g/mol. The van der Waals surface area contributed by atoms with E-state index >= 15 is 0 Å². The minimum absolute atomic E-state index is 0.458. The van der Waals surface area contributed by atoms with E-state index in [0.29, 0.717) is 12.1 Å². The van der Waals surface area contributed by atoms with Crippen LogP contribution in [0, 0.1) is 0 Å². The highest BCUT2D eigenvalue weighted by Gasteiger charge is 2.41. The van der Waals surface area contributed by atoms with Gasteiger partial charge >= 0.3 is 0 Å². The largest absolute Gasteiger partial charge is 0.328 e. The standard InChI is InChI=1S/C12H22N2/c1-3-4-9(2)14-11-5-6-12(14)8-10(13)7-11/h3,9-12H,1,4-8,13H2,2H3. The highest BCUT2D eigenvalue weighted by atomic mass is 15.2. The summed E-state index contributed by atoms with van der Waals surface area (Å²) in [7, 11) is 0. The van der Waals surface area contributed by atoms with Gasteiger partial charge in [-0.3, -0.25) is 4.90 Å². The highest BCUT2D eigenvalue weighted by molar-refractivity contribution is 4.99. The quantitative estimate of drug-likeness (QED) is 0.695. The molecule has 0 aromatic rings. The Kier molecular flexibility index (Phi) is 2.93. The Morgan fingerprint density at radius 1 is 1.43 bits per heavy atom. The molecule has 0 amide bonds. The van der Waals surface area contributed by atoms with Crippen molar-refractivity contribution < 1.29 is 0 Å². The smallest absolute Gasteiger partial charge is 0.0116 e. The van der Waals surface area contributed by atoms with E-state index in [1.165, 1.54) is 25.7 Å². The first-order valence-corrected chi connectivity index (χ1v) is 5.86. The number of piperidine rings is 1. The van der Waals surface area contributed by atoms with Crippen molar-refractivity contribution in [1.82, 2.24) is 4.90 Å². The molecule has 0 aliphatic carbocycles. The van der Waals surface area contributed by atoms with Crippen LogP contribution in [0.3, 0.4) is 0 Å². The number of nitrogens with two attached hydrogens (primary N) is 1. The molecule has 3 unspecified atom stereocenters. The van der Waals surface area contributed by atoms with Crippen molar-refractivity contribution in [2.24, 2.45) is 5.73 Å². The van der Waals surface area contributed by atoms with E-state index in [4.69, 9.17) is 5.73 Å². The van der Waals surface area contributed by atoms with E-state index in [1.807, 2.05) is 6.08 Å². The minimum Gasteiger partial charge on any atom is -0.328 e. The molecule has 2 fully saturated rings. The summed E-state index contributed by atoms with van der Waals surface area (Å²) in [6.07, 6.45) is 8.29. The van der Waals surface area contributed by atoms with Crippen molar-refractivity contribution in [3.05, 3.63) is 12.7 Å². The molecule has 0 aromatic carbocycles. The van der Waals surface area contributed by atoms with E-state index in [-0.39, 0.29) is 0 Å². The van der Waals surface area contributed by atoms with Crippen LogP contribution < -0.4 is 5.73 Å². The molecule has 2 heterocycles. The second-order valence-corrected chi connectivity index (χ2v) is 4.94. The van der Waals surface area contributed by atoms with E-state index < -0.39 is 0 Å². The van der Waals surface area contributed by atoms with E-state index in [9.17, 15) is 0 Å². The summed E-state index contributed by atoms with van der Waals surface area (Å²) in [6.45, 7) is 6.15. The van der Waals surface area contributed by atoms with Crippen LogP contribution >= 0.6 is 0 Å². The second-order valence-electron chi connectivity index (χ2n) is 4.94. The van der Waals surface area contributed by atoms with Crippen LogP contribution in [0.25, 0.3) is 0 Å². The van der Waals surface area contributed by atoms with Gasteiger partial charge < -0.3 is 5.73 Å². The van der Waals surface area contributed by atoms with Gasteiger partial charge in [0.1, 0.15) is 0 Å². The molecule has 2 rings (SSSR count). The Hall–Kier alpha value is -0.340. The molecule has 80 valence electrons. The topological polar surface area (TPSA) is 29.3 Å². The fourth-order valence-electron chi connectivity index (χ4n) is 3.34. The Morgan fingerprint density at radius 3 is 2.50 bits per heavy atom. The Labute approximate surface area is 87.2 Å². The minimum atomic E-state index is 0.458. The average Bonchev–Trinajstić information content (AvgIpc) is 2.39. The maximum absolute atomic E-state index is 6.05. The third-order valence-electron chi connectivity index (χ3n) is 3.84. The fourth-order valence-corrected chi connectivity index (χ4v) is 3.34. The lowest BCUT2D eigenvalue weighted by Crippen LogP contribution is -2.50. The molecule has 3 atom stereocenters. The molecule has 2 nitrogen and oxygen atoms in total. The van der Waals surface area contributed by atoms with Crippen molar-refractivity contribution in [1.29, 1.82) is 0 Å². The molecular formula is C12H22N2. The molecule has 14 heavy (non-hydrogen) atoms. The first-order valence-electron chi connectivity index (χ1n) is 5.86. The Bertz CT molecular complexity index is 200. The molecule has 0 radical (unpaired) electrons. The van der Waals surface area contributed by atoms with Gasteiger partial charge in [-0.25, -0.2) is 0 Å². The number of rotatable bonds is 3. The van der Waals surface area contributed by atoms with Crippen LogP contribution in [0.1, 0.15) is 39.0 Å². The van der Waals surface area contributed by atoms with E-state index in [0.717, 1.165) is 18.5 Å². The third kappa shape index (κ3) is 1.73. The molecule has 0 aromatic heterocycles. The van der Waals surface area contributed by atoms with Crippen LogP contribution in [-0.2, 0) is 0 Å². The maximum atomic E-state index is 6.05. The summed E-state index contributed by atoms with van der Waals surface area (Å²) in [5.41, 5.74) is 6.05. The maximum Gasteiger partial charge on any atom is 0.0116 e. The van der Waals surface area contributed by atoms with Crippen molar-refractivity contribution in [2.75, 3.05) is 0 Å². The van der Waals surface area contributed by atoms with Gasteiger partial charge in [0.15, 0.2) is 0 Å². The lowest BCUT2D eigenvalue weighted by atomic mass is 9.96. The Morgan fingerprint density at radius 2 is 2.00 bits per heavy atom. The zero-order valence-electron chi connectivity index (χ0n) is 9.15. The molecule has 2 heteroatoms. The van der Waals surface area contributed by atoms with Crippen molar-refractivity contribution in [2.45, 2.75) is 63.2 Å². The van der Waals surface area contributed by atoms with E-state index in [2.05, 4.69) is 18.4 Å². The summed E-state index contributed by atoms with van der Waals surface area (Å²) in [5.74, 6) is 0. The number of fused-ring (bicyclic) bond motifs is 2. The number of hydrogen-bond donors (Lipinski definition) is 1. The lowest BCUT2D eigenvalue weighted by Gasteiger charge is -2.41. The summed E-state index contributed by atoms with van der Waals surface area (Å²) in [5, 5.41) is 0. The molecule has 0 saturated carbocycles. The van der Waals surface area contributed by atoms with Gasteiger partial charge in [0.2, 0.25) is 0 Å². The number of hydrogen-bond acceptors (Lipinski definition) is 2. The van der Waals surface area contributed by atoms with Gasteiger partial charge in [-0.05, 0) is 39.0 Å². The normalized spacial score (nSPS) is 39.7. The summed E-state index contributed by atoms with van der Waals surface area (Å²) in [6, 6.07) is 2.65. The summed E-state index contributed by atoms with van der Waals surface area (Å²) >= 11 is 0. The predicted molar refractivity (Wildman–Crippen MR) is 60.1 cm³/mol. The van der Waals surface area contributed by atoms with Crippen molar-refractivity contribution in [3.63, 3.8) is 0 Å². The van der Waals surface area contributed by atoms with Gasteiger partial charge in [0, 0.05) is 24.2 Å². The number of nitrogens with zero attached hydrogens (tertiary/aromatic N) is 1. The first-order chi connectivity index (χ1) is 6.72. The van der Waals surface area contributed by atoms with Crippen LogP contribution in [0.15, 0.2) is 12.7 Å². The van der Waals surface area contributed by atoms with Gasteiger partial charge in [-0.1, -0.05) is 6.08 Å². The first kappa shape index (κ1) is 10.2. The van der Waals surface area contributed by atoms with Crippen LogP contribution in [0.2, 0.25) is 0 Å². The monoisotopic (exact) mass is 194 g/mol. The third-order valence-corrected chi connectivity index (χ3v) is 3.84. The van der Waals surface area contributed by atoms with Crippen LogP contribution in [-0.4, -0.2) is 29.1 Å². The molecule has 2 N–H and O–H groups in total. The van der Waals surface area contributed by atoms with Gasteiger partial charge in [0.05, 0.1) is 0 Å². The average molecular weight is 194 g/mol. The molecule has 2 bridgehead atoms. The lowest BCUT2D eigenvalue weighted by molar-refractivity contribution is 0.0868. The summed E-state index contributed by atoms with van der Waals surface area (Å²) < 4.78 is 0. The molecule has 2 aliphatic heterocycles. The van der Waals surface area contributed by atoms with Gasteiger partial charge in [-0.15, -0.1) is 6.58 Å². The molecule has 2 aliphatic rings. The molecule has 0 spiro atoms. The predicted octanol–water partition coefficient (Wildman–Crippen LogP) is 1.91. The SMILES string of the molecule is C=CCC(C)N1C2CCC1CC(N)C2. The zero-order valence-corrected chi connectivity index (χ0v) is 9.15. The van der Waals surface area contributed by atoms with Crippen molar-refractivity contribution in [3.8, 4) is 0 Å². The van der Waals surface area contributed by atoms with Crippen LogP contribution in [0.4, 0.5) is 0 Å². The summed E-state index contributed by atoms with van der Waals surface area (Å²) in [4.78, 5) is 2.70. The van der Waals surface area contributed by atoms with Crippen LogP contribution in [0.5, 0.6) is 0 Å². The van der Waals surface area contributed by atoms with Gasteiger partial charge in [0.25, 0.3) is 0 Å². The van der Waals surface area contributed by atoms with E-state index in [1.54, 1.807) is 0 Å². The van der Waals surface area contributed by atoms with Gasteiger partial charge in [-0.2, -0.15) is 0 Å². The fraction of sp³-hybridized carbons (Fsp3) is 0.833. The Balaban J connectivity index is 2.03.